The lowest BCUT2D eigenvalue weighted by atomic mass is 9.56. The van der Waals surface area contributed by atoms with E-state index in [1.165, 1.54) is 25.7 Å². The van der Waals surface area contributed by atoms with Crippen molar-refractivity contribution in [2.45, 2.75) is 65.4 Å². The molecule has 92 valence electrons. The van der Waals surface area contributed by atoms with Gasteiger partial charge in [0.05, 0.1) is 5.60 Å². The smallest absolute Gasteiger partial charge is 0.0620 e. The quantitative estimate of drug-likeness (QED) is 0.667. The van der Waals surface area contributed by atoms with E-state index in [2.05, 4.69) is 19.9 Å². The van der Waals surface area contributed by atoms with Crippen LogP contribution in [0.1, 0.15) is 59.8 Å². The maximum absolute atomic E-state index is 10.2. The van der Waals surface area contributed by atoms with E-state index >= 15 is 0 Å². The molecule has 2 rings (SSSR count). The third-order valence-electron chi connectivity index (χ3n) is 5.24. The molecule has 0 aromatic carbocycles. The fourth-order valence-electron chi connectivity index (χ4n) is 3.64. The zero-order valence-electron chi connectivity index (χ0n) is 11.2. The summed E-state index contributed by atoms with van der Waals surface area (Å²) in [5.41, 5.74) is 1.53. The van der Waals surface area contributed by atoms with E-state index in [0.717, 1.165) is 12.3 Å². The van der Waals surface area contributed by atoms with Gasteiger partial charge < -0.3 is 5.11 Å². The first-order valence-electron chi connectivity index (χ1n) is 6.76. The second-order valence-corrected chi connectivity index (χ2v) is 6.72. The van der Waals surface area contributed by atoms with Crippen molar-refractivity contribution < 1.29 is 5.11 Å². The summed E-state index contributed by atoms with van der Waals surface area (Å²) >= 11 is 0. The lowest BCUT2D eigenvalue weighted by Gasteiger charge is -2.49. The SMILES string of the molecule is C[C@@H]1CCC=C2CCC(C(C)(C)O)C[C@]21C. The van der Waals surface area contributed by atoms with Crippen LogP contribution in [0.25, 0.3) is 0 Å². The molecular weight excluding hydrogens is 196 g/mol. The summed E-state index contributed by atoms with van der Waals surface area (Å²) in [6, 6.07) is 0. The largest absolute Gasteiger partial charge is 0.390 e. The van der Waals surface area contributed by atoms with Crippen molar-refractivity contribution >= 4 is 0 Å². The Balaban J connectivity index is 2.23. The first-order chi connectivity index (χ1) is 7.34. The van der Waals surface area contributed by atoms with Crippen LogP contribution in [0.4, 0.5) is 0 Å². The zero-order valence-corrected chi connectivity index (χ0v) is 11.2. The Morgan fingerprint density at radius 2 is 2.06 bits per heavy atom. The number of fused-ring (bicyclic) bond motifs is 1. The molecule has 2 aliphatic carbocycles. The van der Waals surface area contributed by atoms with Crippen LogP contribution in [0.5, 0.6) is 0 Å². The van der Waals surface area contributed by atoms with Crippen molar-refractivity contribution in [3.05, 3.63) is 11.6 Å². The molecule has 0 saturated heterocycles. The average molecular weight is 222 g/mol. The number of allylic oxidation sites excluding steroid dienone is 2. The second kappa shape index (κ2) is 3.87. The Labute approximate surface area is 99.9 Å². The highest BCUT2D eigenvalue weighted by Gasteiger charge is 2.44. The van der Waals surface area contributed by atoms with Gasteiger partial charge >= 0.3 is 0 Å². The normalized spacial score (nSPS) is 40.2. The van der Waals surface area contributed by atoms with E-state index in [9.17, 15) is 5.11 Å². The lowest BCUT2D eigenvalue weighted by Crippen LogP contribution is -2.43. The van der Waals surface area contributed by atoms with Crippen molar-refractivity contribution in [3.63, 3.8) is 0 Å². The highest BCUT2D eigenvalue weighted by Crippen LogP contribution is 2.53. The fraction of sp³-hybridized carbons (Fsp3) is 0.867. The minimum absolute atomic E-state index is 0.362. The van der Waals surface area contributed by atoms with Crippen LogP contribution in [-0.2, 0) is 0 Å². The Morgan fingerprint density at radius 3 is 2.69 bits per heavy atom. The van der Waals surface area contributed by atoms with Crippen LogP contribution in [0.2, 0.25) is 0 Å². The molecule has 2 aliphatic rings. The Kier molecular flexibility index (Phi) is 2.94. The average Bonchev–Trinajstić information content (AvgIpc) is 2.17. The van der Waals surface area contributed by atoms with E-state index < -0.39 is 5.60 Å². The number of hydrogen-bond donors (Lipinski definition) is 1. The van der Waals surface area contributed by atoms with Crippen molar-refractivity contribution in [2.24, 2.45) is 17.3 Å². The van der Waals surface area contributed by atoms with Gasteiger partial charge in [-0.25, -0.2) is 0 Å². The third kappa shape index (κ3) is 1.95. The van der Waals surface area contributed by atoms with Crippen LogP contribution in [0.3, 0.4) is 0 Å². The molecule has 0 amide bonds. The molecule has 1 unspecified atom stereocenters. The minimum atomic E-state index is -0.508. The van der Waals surface area contributed by atoms with Crippen LogP contribution in [0.15, 0.2) is 11.6 Å². The van der Waals surface area contributed by atoms with Gasteiger partial charge in [-0.05, 0) is 63.2 Å². The number of hydrogen-bond acceptors (Lipinski definition) is 1. The molecule has 0 heterocycles. The van der Waals surface area contributed by atoms with E-state index in [1.807, 2.05) is 13.8 Å². The van der Waals surface area contributed by atoms with Crippen molar-refractivity contribution in [3.8, 4) is 0 Å². The van der Waals surface area contributed by atoms with Gasteiger partial charge in [0.2, 0.25) is 0 Å². The highest BCUT2D eigenvalue weighted by molar-refractivity contribution is 5.21. The summed E-state index contributed by atoms with van der Waals surface area (Å²) < 4.78 is 0. The van der Waals surface area contributed by atoms with Gasteiger partial charge in [-0.15, -0.1) is 0 Å². The summed E-state index contributed by atoms with van der Waals surface area (Å²) in [4.78, 5) is 0. The fourth-order valence-corrected chi connectivity index (χ4v) is 3.64. The molecule has 0 aromatic rings. The molecule has 1 N–H and O–H groups in total. The second-order valence-electron chi connectivity index (χ2n) is 6.72. The predicted octanol–water partition coefficient (Wildman–Crippen LogP) is 3.92. The van der Waals surface area contributed by atoms with Crippen LogP contribution < -0.4 is 0 Å². The van der Waals surface area contributed by atoms with Crippen molar-refractivity contribution in [1.29, 1.82) is 0 Å². The van der Waals surface area contributed by atoms with Gasteiger partial charge in [0.15, 0.2) is 0 Å². The molecule has 0 aromatic heterocycles. The van der Waals surface area contributed by atoms with Gasteiger partial charge in [0.1, 0.15) is 0 Å². The Morgan fingerprint density at radius 1 is 1.38 bits per heavy atom. The number of aliphatic hydroxyl groups is 1. The maximum Gasteiger partial charge on any atom is 0.0620 e. The van der Waals surface area contributed by atoms with E-state index in [0.29, 0.717) is 11.3 Å². The molecule has 1 saturated carbocycles. The van der Waals surface area contributed by atoms with Gasteiger partial charge in [-0.3, -0.25) is 0 Å². The van der Waals surface area contributed by atoms with E-state index in [4.69, 9.17) is 0 Å². The first kappa shape index (κ1) is 12.2. The van der Waals surface area contributed by atoms with Crippen molar-refractivity contribution in [2.75, 3.05) is 0 Å². The summed E-state index contributed by atoms with van der Waals surface area (Å²) in [7, 11) is 0. The molecule has 0 bridgehead atoms. The lowest BCUT2D eigenvalue weighted by molar-refractivity contribution is -0.0245. The Bertz CT molecular complexity index is 297. The van der Waals surface area contributed by atoms with Gasteiger partial charge in [-0.2, -0.15) is 0 Å². The topological polar surface area (TPSA) is 20.2 Å². The van der Waals surface area contributed by atoms with E-state index in [-0.39, 0.29) is 0 Å². The number of rotatable bonds is 1. The van der Waals surface area contributed by atoms with E-state index in [1.54, 1.807) is 5.57 Å². The van der Waals surface area contributed by atoms with Crippen LogP contribution in [0, 0.1) is 17.3 Å². The maximum atomic E-state index is 10.2. The first-order valence-corrected chi connectivity index (χ1v) is 6.76. The van der Waals surface area contributed by atoms with Gasteiger partial charge in [0, 0.05) is 0 Å². The Hall–Kier alpha value is -0.300. The standard InChI is InChI=1S/C15H26O/c1-11-6-5-7-12-8-9-13(14(2,3)16)10-15(11,12)4/h7,11,13,16H,5-6,8-10H2,1-4H3/t11-,13?,15+/m1/s1. The molecular formula is C15H26O. The molecule has 16 heavy (non-hydrogen) atoms. The predicted molar refractivity (Wildman–Crippen MR) is 68.2 cm³/mol. The summed E-state index contributed by atoms with van der Waals surface area (Å²) in [6.07, 6.45) is 8.59. The molecule has 0 radical (unpaired) electrons. The van der Waals surface area contributed by atoms with Crippen LogP contribution in [-0.4, -0.2) is 10.7 Å². The monoisotopic (exact) mass is 222 g/mol. The molecule has 1 fully saturated rings. The summed E-state index contributed by atoms with van der Waals surface area (Å²) in [5.74, 6) is 1.24. The zero-order chi connectivity index (χ0) is 12.0. The van der Waals surface area contributed by atoms with Gasteiger partial charge in [0.25, 0.3) is 0 Å². The summed E-state index contributed by atoms with van der Waals surface area (Å²) in [5, 5.41) is 10.2. The highest BCUT2D eigenvalue weighted by atomic mass is 16.3. The summed E-state index contributed by atoms with van der Waals surface area (Å²) in [6.45, 7) is 8.76. The molecule has 3 atom stereocenters. The molecule has 1 heteroatoms. The third-order valence-corrected chi connectivity index (χ3v) is 5.24. The molecule has 1 nitrogen and oxygen atoms in total. The molecule has 0 spiro atoms. The molecule has 0 aliphatic heterocycles. The minimum Gasteiger partial charge on any atom is -0.390 e. The van der Waals surface area contributed by atoms with Crippen molar-refractivity contribution in [1.82, 2.24) is 0 Å². The van der Waals surface area contributed by atoms with Gasteiger partial charge in [-0.1, -0.05) is 25.5 Å². The van der Waals surface area contributed by atoms with Crippen LogP contribution >= 0.6 is 0 Å².